The Morgan fingerprint density at radius 2 is 1.87 bits per heavy atom. The van der Waals surface area contributed by atoms with E-state index < -0.39 is 12.2 Å². The van der Waals surface area contributed by atoms with Crippen LogP contribution >= 0.6 is 0 Å². The number of β-amino-alcohol motifs (C(OH)–C–C–N with tert-alkyl or cyclic N) is 2. The van der Waals surface area contributed by atoms with E-state index in [1.54, 1.807) is 0 Å². The van der Waals surface area contributed by atoms with Crippen molar-refractivity contribution in [3.63, 3.8) is 0 Å². The maximum Gasteiger partial charge on any atom is 0.224 e. The van der Waals surface area contributed by atoms with Gasteiger partial charge >= 0.3 is 0 Å². The first-order valence-electron chi connectivity index (χ1n) is 5.43. The Morgan fingerprint density at radius 3 is 2.27 bits per heavy atom. The third-order valence-electron chi connectivity index (χ3n) is 3.46. The van der Waals surface area contributed by atoms with E-state index in [1.807, 2.05) is 0 Å². The van der Waals surface area contributed by atoms with E-state index >= 15 is 0 Å². The number of nitrogens with zero attached hydrogens (tertiary/aromatic N) is 1. The van der Waals surface area contributed by atoms with Crippen molar-refractivity contribution >= 4 is 5.91 Å². The van der Waals surface area contributed by atoms with Crippen molar-refractivity contribution in [1.82, 2.24) is 4.90 Å². The summed E-state index contributed by atoms with van der Waals surface area (Å²) < 4.78 is 0. The topological polar surface area (TPSA) is 86.8 Å². The van der Waals surface area contributed by atoms with Crippen molar-refractivity contribution in [3.05, 3.63) is 0 Å². The fraction of sp³-hybridized carbons (Fsp3) is 0.900. The van der Waals surface area contributed by atoms with Crippen LogP contribution in [0.5, 0.6) is 0 Å². The maximum atomic E-state index is 11.8. The molecule has 0 spiro atoms. The summed E-state index contributed by atoms with van der Waals surface area (Å²) in [5.41, 5.74) is 5.64. The molecule has 0 radical (unpaired) electrons. The molecule has 5 heteroatoms. The molecule has 0 aromatic carbocycles. The molecule has 1 heterocycles. The second kappa shape index (κ2) is 3.73. The highest BCUT2D eigenvalue weighted by Crippen LogP contribution is 2.32. The number of nitrogens with two attached hydrogens (primary N) is 1. The minimum Gasteiger partial charge on any atom is -0.388 e. The molecule has 5 nitrogen and oxygen atoms in total. The molecule has 1 saturated carbocycles. The number of hydrogen-bond acceptors (Lipinski definition) is 4. The molecule has 15 heavy (non-hydrogen) atoms. The van der Waals surface area contributed by atoms with Crippen molar-refractivity contribution in [2.45, 2.75) is 43.4 Å². The van der Waals surface area contributed by atoms with Crippen LogP contribution in [0.15, 0.2) is 0 Å². The number of carbonyl (C=O) groups is 1. The molecule has 1 amide bonds. The SMILES string of the molecule is NC1(CC(=O)N2CC(O)C(O)C2)CCC1. The number of hydrogen-bond donors (Lipinski definition) is 3. The van der Waals surface area contributed by atoms with E-state index in [1.165, 1.54) is 4.90 Å². The van der Waals surface area contributed by atoms with Crippen molar-refractivity contribution in [2.75, 3.05) is 13.1 Å². The third kappa shape index (κ3) is 2.14. The fourth-order valence-electron chi connectivity index (χ4n) is 2.19. The lowest BCUT2D eigenvalue weighted by Gasteiger charge is -2.38. The zero-order valence-electron chi connectivity index (χ0n) is 8.72. The second-order valence-electron chi connectivity index (χ2n) is 4.83. The number of aliphatic hydroxyl groups is 2. The van der Waals surface area contributed by atoms with E-state index in [4.69, 9.17) is 5.73 Å². The Balaban J connectivity index is 1.86. The molecule has 4 N–H and O–H groups in total. The fourth-order valence-corrected chi connectivity index (χ4v) is 2.19. The predicted octanol–water partition coefficient (Wildman–Crippen LogP) is -1.18. The number of carbonyl (C=O) groups excluding carboxylic acids is 1. The van der Waals surface area contributed by atoms with Gasteiger partial charge in [0, 0.05) is 25.0 Å². The van der Waals surface area contributed by atoms with Crippen molar-refractivity contribution in [3.8, 4) is 0 Å². The van der Waals surface area contributed by atoms with Crippen LogP contribution in [0.1, 0.15) is 25.7 Å². The molecule has 2 rings (SSSR count). The summed E-state index contributed by atoms with van der Waals surface area (Å²) in [7, 11) is 0. The van der Waals surface area contributed by atoms with E-state index in [2.05, 4.69) is 0 Å². The third-order valence-corrected chi connectivity index (χ3v) is 3.46. The Hall–Kier alpha value is -0.650. The largest absolute Gasteiger partial charge is 0.388 e. The Morgan fingerprint density at radius 1 is 1.33 bits per heavy atom. The van der Waals surface area contributed by atoms with Gasteiger partial charge in [0.05, 0.1) is 12.2 Å². The first-order valence-corrected chi connectivity index (χ1v) is 5.43. The van der Waals surface area contributed by atoms with E-state index in [0.717, 1.165) is 19.3 Å². The van der Waals surface area contributed by atoms with Crippen LogP contribution in [0, 0.1) is 0 Å². The number of aliphatic hydroxyl groups excluding tert-OH is 2. The minimum absolute atomic E-state index is 0.0483. The molecule has 2 unspecified atom stereocenters. The molecule has 1 aliphatic carbocycles. The lowest BCUT2D eigenvalue weighted by Crippen LogP contribution is -2.50. The van der Waals surface area contributed by atoms with Gasteiger partial charge < -0.3 is 20.8 Å². The van der Waals surface area contributed by atoms with Crippen LogP contribution < -0.4 is 5.73 Å². The van der Waals surface area contributed by atoms with Crippen LogP contribution in [0.2, 0.25) is 0 Å². The summed E-state index contributed by atoms with van der Waals surface area (Å²) >= 11 is 0. The second-order valence-corrected chi connectivity index (χ2v) is 4.83. The zero-order chi connectivity index (χ0) is 11.1. The summed E-state index contributed by atoms with van der Waals surface area (Å²) in [6.07, 6.45) is 1.63. The highest BCUT2D eigenvalue weighted by atomic mass is 16.3. The molecular weight excluding hydrogens is 196 g/mol. The van der Waals surface area contributed by atoms with Crippen molar-refractivity contribution in [2.24, 2.45) is 5.73 Å². The van der Waals surface area contributed by atoms with Crippen molar-refractivity contribution < 1.29 is 15.0 Å². The van der Waals surface area contributed by atoms with Crippen LogP contribution in [-0.4, -0.2) is 51.9 Å². The predicted molar refractivity (Wildman–Crippen MR) is 54.0 cm³/mol. The van der Waals surface area contributed by atoms with Gasteiger partial charge in [-0.25, -0.2) is 0 Å². The van der Waals surface area contributed by atoms with Crippen LogP contribution in [0.4, 0.5) is 0 Å². The lowest BCUT2D eigenvalue weighted by atomic mass is 9.75. The van der Waals surface area contributed by atoms with Gasteiger partial charge in [-0.15, -0.1) is 0 Å². The number of rotatable bonds is 2. The smallest absolute Gasteiger partial charge is 0.224 e. The molecule has 2 atom stereocenters. The standard InChI is InChI=1S/C10H18N2O3/c11-10(2-1-3-10)4-9(15)12-5-7(13)8(14)6-12/h7-8,13-14H,1-6,11H2. The monoisotopic (exact) mass is 214 g/mol. The quantitative estimate of drug-likeness (QED) is 0.540. The Labute approximate surface area is 88.9 Å². The molecule has 2 fully saturated rings. The first kappa shape index (κ1) is 10.9. The van der Waals surface area contributed by atoms with E-state index in [-0.39, 0.29) is 24.5 Å². The lowest BCUT2D eigenvalue weighted by molar-refractivity contribution is -0.132. The summed E-state index contributed by atoms with van der Waals surface area (Å²) in [5.74, 6) is -0.0483. The molecule has 1 saturated heterocycles. The molecule has 86 valence electrons. The minimum atomic E-state index is -0.802. The van der Waals surface area contributed by atoms with Gasteiger partial charge in [0.2, 0.25) is 5.91 Å². The molecule has 1 aliphatic heterocycles. The Bertz CT molecular complexity index is 255. The summed E-state index contributed by atoms with van der Waals surface area (Å²) in [6.45, 7) is 0.464. The molecular formula is C10H18N2O3. The van der Waals surface area contributed by atoms with Gasteiger partial charge in [-0.3, -0.25) is 4.79 Å². The summed E-state index contributed by atoms with van der Waals surface area (Å²) in [4.78, 5) is 13.3. The van der Waals surface area contributed by atoms with Crippen LogP contribution in [0.3, 0.4) is 0 Å². The molecule has 0 aromatic heterocycles. The average molecular weight is 214 g/mol. The van der Waals surface area contributed by atoms with E-state index in [0.29, 0.717) is 6.42 Å². The Kier molecular flexibility index (Phi) is 2.70. The summed E-state index contributed by atoms with van der Waals surface area (Å²) in [6, 6.07) is 0. The average Bonchev–Trinajstić information content (AvgIpc) is 2.44. The van der Waals surface area contributed by atoms with E-state index in [9.17, 15) is 15.0 Å². The molecule has 0 aromatic rings. The first-order chi connectivity index (χ1) is 7.00. The van der Waals surface area contributed by atoms with Crippen LogP contribution in [-0.2, 0) is 4.79 Å². The van der Waals surface area contributed by atoms with Gasteiger partial charge in [-0.1, -0.05) is 0 Å². The number of likely N-dealkylation sites (tertiary alicyclic amines) is 1. The van der Waals surface area contributed by atoms with Gasteiger partial charge in [0.15, 0.2) is 0 Å². The molecule has 2 aliphatic rings. The normalized spacial score (nSPS) is 33.9. The van der Waals surface area contributed by atoms with Gasteiger partial charge in [-0.05, 0) is 19.3 Å². The van der Waals surface area contributed by atoms with Gasteiger partial charge in [-0.2, -0.15) is 0 Å². The van der Waals surface area contributed by atoms with Crippen LogP contribution in [0.25, 0.3) is 0 Å². The summed E-state index contributed by atoms with van der Waals surface area (Å²) in [5, 5.41) is 18.6. The van der Waals surface area contributed by atoms with Gasteiger partial charge in [0.1, 0.15) is 0 Å². The highest BCUT2D eigenvalue weighted by Gasteiger charge is 2.39. The van der Waals surface area contributed by atoms with Gasteiger partial charge in [0.25, 0.3) is 0 Å². The number of amides is 1. The zero-order valence-corrected chi connectivity index (χ0v) is 8.72. The molecule has 0 bridgehead atoms. The maximum absolute atomic E-state index is 11.8. The van der Waals surface area contributed by atoms with Crippen molar-refractivity contribution in [1.29, 1.82) is 0 Å². The highest BCUT2D eigenvalue weighted by molar-refractivity contribution is 5.78.